The van der Waals surface area contributed by atoms with Gasteiger partial charge in [-0.05, 0) is 37.7 Å². The normalized spacial score (nSPS) is 33.2. The molecule has 4 amide bonds. The van der Waals surface area contributed by atoms with E-state index < -0.39 is 29.6 Å². The van der Waals surface area contributed by atoms with Crippen molar-refractivity contribution in [3.8, 4) is 5.75 Å². The van der Waals surface area contributed by atoms with E-state index in [2.05, 4.69) is 0 Å². The van der Waals surface area contributed by atoms with Gasteiger partial charge < -0.3 is 5.11 Å². The van der Waals surface area contributed by atoms with Crippen molar-refractivity contribution in [3.63, 3.8) is 0 Å². The summed E-state index contributed by atoms with van der Waals surface area (Å²) in [6, 6.07) is 6.95. The fourth-order valence-corrected chi connectivity index (χ4v) is 6.71. The molecule has 7 nitrogen and oxygen atoms in total. The number of carbonyl (C=O) groups excluding carboxylic acids is 4. The highest BCUT2D eigenvalue weighted by Gasteiger charge is 2.61. The first-order valence-corrected chi connectivity index (χ1v) is 12.1. The van der Waals surface area contributed by atoms with Crippen LogP contribution < -0.4 is 0 Å². The van der Waals surface area contributed by atoms with Gasteiger partial charge in [-0.15, -0.1) is 0 Å². The summed E-state index contributed by atoms with van der Waals surface area (Å²) in [6.45, 7) is 4.65. The molecule has 0 bridgehead atoms. The van der Waals surface area contributed by atoms with Crippen LogP contribution in [0.1, 0.15) is 51.0 Å². The average molecular weight is 451 g/mol. The summed E-state index contributed by atoms with van der Waals surface area (Å²) in [4.78, 5) is 55.9. The molecule has 1 saturated carbocycles. The van der Waals surface area contributed by atoms with Gasteiger partial charge in [0.2, 0.25) is 23.6 Å². The summed E-state index contributed by atoms with van der Waals surface area (Å²) in [5, 5.41) is 10.7. The molecule has 33 heavy (non-hydrogen) atoms. The Morgan fingerprint density at radius 3 is 2.06 bits per heavy atom. The number of phenolic OH excluding ortho intramolecular Hbond substituents is 1. The van der Waals surface area contributed by atoms with Crippen molar-refractivity contribution in [2.24, 2.45) is 29.6 Å². The average Bonchev–Trinajstić information content (AvgIpc) is 3.19. The van der Waals surface area contributed by atoms with Crippen LogP contribution in [0.15, 0.2) is 35.9 Å². The van der Waals surface area contributed by atoms with Crippen LogP contribution in [0, 0.1) is 29.6 Å². The number of aromatic hydroxyl groups is 1. The molecule has 0 spiro atoms. The van der Waals surface area contributed by atoms with Crippen molar-refractivity contribution in [2.45, 2.75) is 45.4 Å². The summed E-state index contributed by atoms with van der Waals surface area (Å²) in [5.74, 6) is -3.36. The van der Waals surface area contributed by atoms with Gasteiger partial charge in [-0.1, -0.05) is 43.7 Å². The molecule has 6 unspecified atom stereocenters. The van der Waals surface area contributed by atoms with Crippen LogP contribution in [0.3, 0.4) is 0 Å². The first-order chi connectivity index (χ1) is 15.9. The Morgan fingerprint density at radius 2 is 1.42 bits per heavy atom. The highest BCUT2D eigenvalue weighted by molar-refractivity contribution is 6.08. The zero-order chi connectivity index (χ0) is 23.4. The number of fused-ring (bicyclic) bond motifs is 4. The maximum atomic E-state index is 13.5. The molecule has 174 valence electrons. The highest BCUT2D eigenvalue weighted by Crippen LogP contribution is 2.58. The number of rotatable bonds is 5. The van der Waals surface area contributed by atoms with Crippen LogP contribution in [0.25, 0.3) is 0 Å². The van der Waals surface area contributed by atoms with Gasteiger partial charge in [0, 0.05) is 24.6 Å². The predicted molar refractivity (Wildman–Crippen MR) is 120 cm³/mol. The topological polar surface area (TPSA) is 95.0 Å². The van der Waals surface area contributed by atoms with E-state index in [4.69, 9.17) is 0 Å². The first kappa shape index (κ1) is 21.9. The minimum absolute atomic E-state index is 0.0838. The lowest BCUT2D eigenvalue weighted by molar-refractivity contribution is -0.142. The number of allylic oxidation sites excluding steroid dienone is 2. The van der Waals surface area contributed by atoms with Gasteiger partial charge in [0.15, 0.2) is 0 Å². The number of nitrogens with zero attached hydrogens (tertiary/aromatic N) is 2. The number of para-hydroxylation sites is 1. The van der Waals surface area contributed by atoms with Crippen molar-refractivity contribution in [3.05, 3.63) is 41.5 Å². The van der Waals surface area contributed by atoms with Gasteiger partial charge in [0.1, 0.15) is 5.75 Å². The molecule has 2 heterocycles. The third kappa shape index (κ3) is 3.08. The van der Waals surface area contributed by atoms with Gasteiger partial charge in [-0.25, -0.2) is 0 Å². The Kier molecular flexibility index (Phi) is 5.38. The molecule has 0 aromatic heterocycles. The molecule has 1 aromatic carbocycles. The number of hydrogen-bond acceptors (Lipinski definition) is 5. The van der Waals surface area contributed by atoms with Gasteiger partial charge >= 0.3 is 0 Å². The summed E-state index contributed by atoms with van der Waals surface area (Å²) < 4.78 is 0. The van der Waals surface area contributed by atoms with Gasteiger partial charge in [0.25, 0.3) is 0 Å². The van der Waals surface area contributed by atoms with Crippen molar-refractivity contribution >= 4 is 23.6 Å². The fraction of sp³-hybridized carbons (Fsp3) is 0.538. The number of carbonyl (C=O) groups is 4. The zero-order valence-electron chi connectivity index (χ0n) is 19.1. The van der Waals surface area contributed by atoms with Crippen LogP contribution in [0.4, 0.5) is 0 Å². The standard InChI is InChI=1S/C26H30N2O5/c1-3-11-27-23(30)16-10-9-14-17(21(16)25(27)32)13-18-22(26(33)28(12-4-2)24(18)31)20(14)15-7-5-6-8-19(15)29/h5-9,16-18,20-22,29H,3-4,10-13H2,1-2H3. The van der Waals surface area contributed by atoms with Crippen molar-refractivity contribution in [1.29, 1.82) is 0 Å². The van der Waals surface area contributed by atoms with Crippen LogP contribution >= 0.6 is 0 Å². The summed E-state index contributed by atoms with van der Waals surface area (Å²) >= 11 is 0. The minimum atomic E-state index is -0.588. The maximum Gasteiger partial charge on any atom is 0.234 e. The van der Waals surface area contributed by atoms with E-state index in [1.165, 1.54) is 9.80 Å². The van der Waals surface area contributed by atoms with E-state index in [0.717, 1.165) is 5.57 Å². The molecule has 6 atom stereocenters. The Hall–Kier alpha value is -2.96. The second-order valence-electron chi connectivity index (χ2n) is 9.74. The number of benzene rings is 1. The highest BCUT2D eigenvalue weighted by atomic mass is 16.3. The smallest absolute Gasteiger partial charge is 0.234 e. The minimum Gasteiger partial charge on any atom is -0.508 e. The van der Waals surface area contributed by atoms with E-state index in [1.54, 1.807) is 18.2 Å². The Labute approximate surface area is 193 Å². The van der Waals surface area contributed by atoms with Crippen LogP contribution in [-0.4, -0.2) is 51.6 Å². The van der Waals surface area contributed by atoms with Crippen molar-refractivity contribution in [2.75, 3.05) is 13.1 Å². The lowest BCUT2D eigenvalue weighted by atomic mass is 9.57. The van der Waals surface area contributed by atoms with Crippen molar-refractivity contribution in [1.82, 2.24) is 9.80 Å². The Balaban J connectivity index is 1.62. The molecule has 2 aliphatic carbocycles. The second kappa shape index (κ2) is 8.12. The maximum absolute atomic E-state index is 13.5. The van der Waals surface area contributed by atoms with E-state index in [9.17, 15) is 24.3 Å². The molecule has 5 rings (SSSR count). The van der Waals surface area contributed by atoms with E-state index in [1.807, 2.05) is 26.0 Å². The van der Waals surface area contributed by atoms with E-state index in [-0.39, 0.29) is 35.3 Å². The largest absolute Gasteiger partial charge is 0.508 e. The van der Waals surface area contributed by atoms with E-state index >= 15 is 0 Å². The number of likely N-dealkylation sites (tertiary alicyclic amines) is 2. The predicted octanol–water partition coefficient (Wildman–Crippen LogP) is 2.85. The molecule has 4 aliphatic rings. The second-order valence-corrected chi connectivity index (χ2v) is 9.74. The third-order valence-electron chi connectivity index (χ3n) is 8.00. The molecule has 3 fully saturated rings. The quantitative estimate of drug-likeness (QED) is 0.550. The molecule has 2 saturated heterocycles. The molecular formula is C26H30N2O5. The fourth-order valence-electron chi connectivity index (χ4n) is 6.71. The van der Waals surface area contributed by atoms with Crippen LogP contribution in [0.5, 0.6) is 5.75 Å². The molecular weight excluding hydrogens is 420 g/mol. The molecule has 2 aliphatic heterocycles. The lowest BCUT2D eigenvalue weighted by Crippen LogP contribution is -2.43. The van der Waals surface area contributed by atoms with E-state index in [0.29, 0.717) is 44.3 Å². The molecule has 1 aromatic rings. The monoisotopic (exact) mass is 450 g/mol. The van der Waals surface area contributed by atoms with Gasteiger partial charge in [-0.2, -0.15) is 0 Å². The zero-order valence-corrected chi connectivity index (χ0v) is 19.1. The molecule has 0 radical (unpaired) electrons. The van der Waals surface area contributed by atoms with Crippen molar-refractivity contribution < 1.29 is 24.3 Å². The van der Waals surface area contributed by atoms with Crippen LogP contribution in [-0.2, 0) is 19.2 Å². The summed E-state index contributed by atoms with van der Waals surface area (Å²) in [5.41, 5.74) is 1.54. The number of amides is 4. The lowest BCUT2D eigenvalue weighted by Gasteiger charge is -2.44. The SMILES string of the molecule is CCCN1C(=O)C2CC=C3C(CC4C(=O)N(CCC)C(=O)C4C3c3ccccc3O)C2C1=O. The first-order valence-electron chi connectivity index (χ1n) is 12.1. The number of phenols is 1. The molecule has 7 heteroatoms. The Morgan fingerprint density at radius 1 is 0.818 bits per heavy atom. The number of hydrogen-bond donors (Lipinski definition) is 1. The molecule has 1 N–H and O–H groups in total. The Bertz CT molecular complexity index is 1060. The summed E-state index contributed by atoms with van der Waals surface area (Å²) in [7, 11) is 0. The summed E-state index contributed by atoms with van der Waals surface area (Å²) in [6.07, 6.45) is 4.23. The van der Waals surface area contributed by atoms with Crippen LogP contribution in [0.2, 0.25) is 0 Å². The van der Waals surface area contributed by atoms with Gasteiger partial charge in [-0.3, -0.25) is 29.0 Å². The van der Waals surface area contributed by atoms with Gasteiger partial charge in [0.05, 0.1) is 23.7 Å². The third-order valence-corrected chi connectivity index (χ3v) is 8.00. The number of imide groups is 2.